The van der Waals surface area contributed by atoms with Crippen molar-refractivity contribution in [2.24, 2.45) is 5.92 Å². The number of nitrogens with zero attached hydrogens (tertiary/aromatic N) is 4. The summed E-state index contributed by atoms with van der Waals surface area (Å²) in [6.07, 6.45) is 5.80. The van der Waals surface area contributed by atoms with Crippen molar-refractivity contribution in [1.29, 1.82) is 5.26 Å². The molecule has 0 aliphatic carbocycles. The van der Waals surface area contributed by atoms with Crippen molar-refractivity contribution < 1.29 is 9.26 Å². The third kappa shape index (κ3) is 8.66. The highest BCUT2D eigenvalue weighted by Crippen LogP contribution is 2.33. The lowest BCUT2D eigenvalue weighted by atomic mass is 9.91. The maximum absolute atomic E-state index is 9.03. The molecule has 6 nitrogen and oxygen atoms in total. The Morgan fingerprint density at radius 3 is 2.34 bits per heavy atom. The Kier molecular flexibility index (Phi) is 11.4. The lowest BCUT2D eigenvalue weighted by molar-refractivity contribution is 0.172. The Hall–Kier alpha value is -3.66. The summed E-state index contributed by atoms with van der Waals surface area (Å²) in [5.74, 6) is 1.54. The average molecular weight is 553 g/mol. The largest absolute Gasteiger partial charge is 0.488 e. The van der Waals surface area contributed by atoms with Crippen molar-refractivity contribution in [1.82, 2.24) is 15.0 Å². The van der Waals surface area contributed by atoms with E-state index in [1.54, 1.807) is 0 Å². The molecule has 1 aliphatic heterocycles. The molecule has 0 amide bonds. The van der Waals surface area contributed by atoms with Gasteiger partial charge in [-0.05, 0) is 94.2 Å². The van der Waals surface area contributed by atoms with E-state index in [0.717, 1.165) is 71.9 Å². The van der Waals surface area contributed by atoms with Gasteiger partial charge in [-0.15, -0.1) is 0 Å². The summed E-state index contributed by atoms with van der Waals surface area (Å²) in [6.45, 7) is 8.75. The van der Waals surface area contributed by atoms with Gasteiger partial charge in [-0.3, -0.25) is 4.90 Å². The van der Waals surface area contributed by atoms with E-state index in [2.05, 4.69) is 71.3 Å². The number of piperidine rings is 1. The van der Waals surface area contributed by atoms with Gasteiger partial charge in [-0.2, -0.15) is 5.26 Å². The number of fused-ring (bicyclic) bond motifs is 1. The summed E-state index contributed by atoms with van der Waals surface area (Å²) in [7, 11) is 4.09. The maximum atomic E-state index is 9.03. The predicted octanol–water partition coefficient (Wildman–Crippen LogP) is 7.60. The average Bonchev–Trinajstić information content (AvgIpc) is 3.41. The van der Waals surface area contributed by atoms with Crippen LogP contribution in [0, 0.1) is 17.2 Å². The van der Waals surface area contributed by atoms with Crippen LogP contribution in [0.3, 0.4) is 0 Å². The zero-order chi connectivity index (χ0) is 29.0. The molecule has 3 aromatic carbocycles. The molecule has 216 valence electrons. The standard InChI is InChI=1S/C32H36N4O2.C3H8/c1-35(2)22-29-31(37-23-27-10-8-25(20-33)9-11-27)15-13-28-30(34-38-32(28)29)14-12-24-16-18-36(19-17-24)21-26-6-4-3-5-7-26;1-3-2/h3-11,13,15,24H,12,14,16-19,21-23H2,1-2H3;3H2,1-2H3. The van der Waals surface area contributed by atoms with Gasteiger partial charge in [-0.1, -0.05) is 67.9 Å². The number of likely N-dealkylation sites (tertiary alicyclic amines) is 1. The van der Waals surface area contributed by atoms with E-state index >= 15 is 0 Å². The van der Waals surface area contributed by atoms with Crippen LogP contribution in [0.4, 0.5) is 0 Å². The van der Waals surface area contributed by atoms with Gasteiger partial charge < -0.3 is 14.2 Å². The first-order valence-electron chi connectivity index (χ1n) is 14.9. The van der Waals surface area contributed by atoms with E-state index in [9.17, 15) is 0 Å². The fourth-order valence-electron chi connectivity index (χ4n) is 5.32. The smallest absolute Gasteiger partial charge is 0.175 e. The molecule has 1 saturated heterocycles. The summed E-state index contributed by atoms with van der Waals surface area (Å²) >= 11 is 0. The summed E-state index contributed by atoms with van der Waals surface area (Å²) in [5, 5.41) is 14.6. The molecule has 0 unspecified atom stereocenters. The van der Waals surface area contributed by atoms with Crippen LogP contribution in [0.5, 0.6) is 5.75 Å². The highest BCUT2D eigenvalue weighted by atomic mass is 16.5. The summed E-state index contributed by atoms with van der Waals surface area (Å²) in [6, 6.07) is 24.6. The third-order valence-electron chi connectivity index (χ3n) is 7.47. The fraction of sp³-hybridized carbons (Fsp3) is 0.429. The topological polar surface area (TPSA) is 65.5 Å². The van der Waals surface area contributed by atoms with Crippen molar-refractivity contribution in [3.63, 3.8) is 0 Å². The van der Waals surface area contributed by atoms with Gasteiger partial charge in [0.25, 0.3) is 0 Å². The number of hydrogen-bond donors (Lipinski definition) is 0. The van der Waals surface area contributed by atoms with Crippen molar-refractivity contribution in [2.45, 2.75) is 65.6 Å². The van der Waals surface area contributed by atoms with E-state index < -0.39 is 0 Å². The first-order valence-corrected chi connectivity index (χ1v) is 14.9. The van der Waals surface area contributed by atoms with Crippen molar-refractivity contribution >= 4 is 11.0 Å². The number of aryl methyl sites for hydroxylation is 1. The van der Waals surface area contributed by atoms with Crippen LogP contribution >= 0.6 is 0 Å². The lowest BCUT2D eigenvalue weighted by Gasteiger charge is -2.31. The molecular formula is C35H44N4O2. The number of benzene rings is 3. The predicted molar refractivity (Wildman–Crippen MR) is 166 cm³/mol. The van der Waals surface area contributed by atoms with Crippen LogP contribution in [0.1, 0.15) is 67.5 Å². The fourth-order valence-corrected chi connectivity index (χ4v) is 5.32. The van der Waals surface area contributed by atoms with Crippen LogP contribution in [-0.4, -0.2) is 42.1 Å². The van der Waals surface area contributed by atoms with Crippen LogP contribution in [-0.2, 0) is 26.1 Å². The molecule has 0 radical (unpaired) electrons. The van der Waals surface area contributed by atoms with E-state index in [4.69, 9.17) is 14.5 Å². The van der Waals surface area contributed by atoms with Gasteiger partial charge in [0.1, 0.15) is 12.4 Å². The number of aromatic nitrogens is 1. The number of ether oxygens (including phenoxy) is 1. The Morgan fingerprint density at radius 1 is 0.976 bits per heavy atom. The number of hydrogen-bond acceptors (Lipinski definition) is 6. The van der Waals surface area contributed by atoms with Crippen LogP contribution in [0.25, 0.3) is 11.0 Å². The SMILES string of the molecule is CCC.CN(C)Cc1c(OCc2ccc(C#N)cc2)ccc2c(CCC3CCN(Cc4ccccc4)CC3)noc12. The summed E-state index contributed by atoms with van der Waals surface area (Å²) in [5.41, 5.74) is 5.96. The van der Waals surface area contributed by atoms with Crippen LogP contribution < -0.4 is 4.74 Å². The Morgan fingerprint density at radius 2 is 1.68 bits per heavy atom. The molecule has 6 heteroatoms. The number of rotatable bonds is 10. The Bertz CT molecular complexity index is 1380. The molecular weight excluding hydrogens is 508 g/mol. The molecule has 0 N–H and O–H groups in total. The first-order chi connectivity index (χ1) is 20.0. The van der Waals surface area contributed by atoms with Gasteiger partial charge in [0, 0.05) is 18.5 Å². The van der Waals surface area contributed by atoms with Gasteiger partial charge in [0.2, 0.25) is 0 Å². The van der Waals surface area contributed by atoms with Crippen molar-refractivity contribution in [2.75, 3.05) is 27.2 Å². The minimum atomic E-state index is 0.432. The molecule has 0 saturated carbocycles. The normalized spacial score (nSPS) is 14.0. The second-order valence-electron chi connectivity index (χ2n) is 11.3. The van der Waals surface area contributed by atoms with Gasteiger partial charge in [0.05, 0.1) is 22.9 Å². The molecule has 5 rings (SSSR count). The molecule has 0 atom stereocenters. The molecule has 0 spiro atoms. The second-order valence-corrected chi connectivity index (χ2v) is 11.3. The Labute approximate surface area is 245 Å². The highest BCUT2D eigenvalue weighted by molar-refractivity contribution is 5.84. The molecule has 0 bridgehead atoms. The molecule has 2 heterocycles. The number of nitriles is 1. The zero-order valence-electron chi connectivity index (χ0n) is 25.1. The van der Waals surface area contributed by atoms with Crippen LogP contribution in [0.2, 0.25) is 0 Å². The monoisotopic (exact) mass is 552 g/mol. The highest BCUT2D eigenvalue weighted by Gasteiger charge is 2.22. The van der Waals surface area contributed by atoms with Gasteiger partial charge >= 0.3 is 0 Å². The van der Waals surface area contributed by atoms with E-state index in [0.29, 0.717) is 18.7 Å². The van der Waals surface area contributed by atoms with E-state index in [-0.39, 0.29) is 0 Å². The Balaban J connectivity index is 0.00000124. The van der Waals surface area contributed by atoms with Gasteiger partial charge in [0.15, 0.2) is 5.58 Å². The van der Waals surface area contributed by atoms with Crippen molar-refractivity contribution in [3.8, 4) is 11.8 Å². The molecule has 4 aromatic rings. The first kappa shape index (κ1) is 30.3. The van der Waals surface area contributed by atoms with E-state index in [1.807, 2.05) is 44.4 Å². The van der Waals surface area contributed by atoms with E-state index in [1.165, 1.54) is 24.8 Å². The minimum absolute atomic E-state index is 0.432. The third-order valence-corrected chi connectivity index (χ3v) is 7.47. The quantitative estimate of drug-likeness (QED) is 0.202. The molecule has 1 aromatic heterocycles. The van der Waals surface area contributed by atoms with Crippen LogP contribution in [0.15, 0.2) is 71.3 Å². The second kappa shape index (κ2) is 15.4. The maximum Gasteiger partial charge on any atom is 0.175 e. The van der Waals surface area contributed by atoms with Crippen molar-refractivity contribution in [3.05, 3.63) is 94.7 Å². The molecule has 1 aliphatic rings. The zero-order valence-corrected chi connectivity index (χ0v) is 25.1. The van der Waals surface area contributed by atoms with Gasteiger partial charge in [-0.25, -0.2) is 0 Å². The minimum Gasteiger partial charge on any atom is -0.488 e. The summed E-state index contributed by atoms with van der Waals surface area (Å²) in [4.78, 5) is 4.69. The summed E-state index contributed by atoms with van der Waals surface area (Å²) < 4.78 is 12.1. The molecule has 41 heavy (non-hydrogen) atoms. The lowest BCUT2D eigenvalue weighted by Crippen LogP contribution is -2.33. The molecule has 1 fully saturated rings.